The van der Waals surface area contributed by atoms with Crippen LogP contribution in [0.3, 0.4) is 0 Å². The molecule has 24 heavy (non-hydrogen) atoms. The molecule has 2 aromatic rings. The molecule has 3 rings (SSSR count). The van der Waals surface area contributed by atoms with E-state index in [1.807, 2.05) is 30.9 Å². The van der Waals surface area contributed by atoms with Crippen LogP contribution < -0.4 is 4.74 Å². The quantitative estimate of drug-likeness (QED) is 0.855. The number of piperidine rings is 1. The first-order valence-electron chi connectivity index (χ1n) is 8.03. The largest absolute Gasteiger partial charge is 0.458 e. The van der Waals surface area contributed by atoms with E-state index in [9.17, 15) is 4.79 Å². The number of carbonyl (C=O) groups excluding carboxylic acids is 1. The molecule has 1 amide bonds. The maximum atomic E-state index is 12.8. The summed E-state index contributed by atoms with van der Waals surface area (Å²) in [5, 5.41) is 0.470. The third-order valence-corrected chi connectivity index (χ3v) is 4.20. The molecule has 1 aliphatic heterocycles. The van der Waals surface area contributed by atoms with Gasteiger partial charge >= 0.3 is 6.01 Å². The highest BCUT2D eigenvalue weighted by Crippen LogP contribution is 2.19. The van der Waals surface area contributed by atoms with E-state index in [-0.39, 0.29) is 12.0 Å². The summed E-state index contributed by atoms with van der Waals surface area (Å²) in [7, 11) is 0. The lowest BCUT2D eigenvalue weighted by Gasteiger charge is -2.32. The molecule has 126 valence electrons. The molecule has 0 spiro atoms. The van der Waals surface area contributed by atoms with E-state index >= 15 is 0 Å². The highest BCUT2D eigenvalue weighted by atomic mass is 35.5. The Bertz CT molecular complexity index is 713. The van der Waals surface area contributed by atoms with Gasteiger partial charge in [-0.25, -0.2) is 9.97 Å². The van der Waals surface area contributed by atoms with Crippen molar-refractivity contribution in [1.82, 2.24) is 14.9 Å². The van der Waals surface area contributed by atoms with Crippen molar-refractivity contribution < 1.29 is 9.53 Å². The smallest absolute Gasteiger partial charge is 0.316 e. The molecule has 1 atom stereocenters. The molecule has 0 N–H and O–H groups in total. The average Bonchev–Trinajstić information content (AvgIpc) is 2.56. The zero-order chi connectivity index (χ0) is 17.1. The molecule has 1 saturated heterocycles. The minimum Gasteiger partial charge on any atom is -0.458 e. The first-order chi connectivity index (χ1) is 11.5. The lowest BCUT2D eigenvalue weighted by molar-refractivity contribution is 0.0515. The number of amides is 1. The van der Waals surface area contributed by atoms with Crippen LogP contribution in [0.25, 0.3) is 0 Å². The Balaban J connectivity index is 1.68. The van der Waals surface area contributed by atoms with E-state index in [0.29, 0.717) is 17.6 Å². The summed E-state index contributed by atoms with van der Waals surface area (Å²) in [6.07, 6.45) is 4.68. The van der Waals surface area contributed by atoms with Crippen LogP contribution >= 0.6 is 11.6 Å². The van der Waals surface area contributed by atoms with Crippen molar-refractivity contribution in [3.63, 3.8) is 0 Å². The number of nitrogens with zero attached hydrogens (tertiary/aromatic N) is 3. The van der Waals surface area contributed by atoms with Crippen molar-refractivity contribution in [1.29, 1.82) is 0 Å². The molecule has 1 unspecified atom stereocenters. The molecule has 6 heteroatoms. The average molecular weight is 346 g/mol. The SMILES string of the molecule is Cc1cc(C)cc(C(=O)N2CCCC(Oc3ncc(Cl)cn3)C2)c1. The van der Waals surface area contributed by atoms with Gasteiger partial charge in [0.15, 0.2) is 0 Å². The van der Waals surface area contributed by atoms with E-state index in [4.69, 9.17) is 16.3 Å². The Kier molecular flexibility index (Phi) is 5.00. The normalized spacial score (nSPS) is 17.6. The van der Waals surface area contributed by atoms with Gasteiger partial charge in [0.1, 0.15) is 6.10 Å². The third-order valence-electron chi connectivity index (χ3n) is 4.00. The highest BCUT2D eigenvalue weighted by Gasteiger charge is 2.26. The van der Waals surface area contributed by atoms with Crippen LogP contribution in [0.5, 0.6) is 6.01 Å². The topological polar surface area (TPSA) is 55.3 Å². The van der Waals surface area contributed by atoms with Gasteiger partial charge in [-0.05, 0) is 38.8 Å². The first-order valence-corrected chi connectivity index (χ1v) is 8.41. The Hall–Kier alpha value is -2.14. The van der Waals surface area contributed by atoms with Gasteiger partial charge in [-0.1, -0.05) is 28.8 Å². The van der Waals surface area contributed by atoms with Crippen LogP contribution in [0.15, 0.2) is 30.6 Å². The number of benzene rings is 1. The standard InChI is InChI=1S/C18H20ClN3O2/c1-12-6-13(2)8-14(7-12)17(23)22-5-3-4-16(11-22)24-18-20-9-15(19)10-21-18/h6-10,16H,3-5,11H2,1-2H3. The van der Waals surface area contributed by atoms with Gasteiger partial charge in [-0.2, -0.15) is 0 Å². The second kappa shape index (κ2) is 7.18. The van der Waals surface area contributed by atoms with Crippen LogP contribution in [0.1, 0.15) is 34.3 Å². The number of ether oxygens (including phenoxy) is 1. The van der Waals surface area contributed by atoms with Crippen molar-refractivity contribution >= 4 is 17.5 Å². The number of carbonyl (C=O) groups is 1. The number of likely N-dealkylation sites (tertiary alicyclic amines) is 1. The fourth-order valence-corrected chi connectivity index (χ4v) is 3.11. The summed E-state index contributed by atoms with van der Waals surface area (Å²) < 4.78 is 5.80. The summed E-state index contributed by atoms with van der Waals surface area (Å²) in [6, 6.07) is 6.23. The van der Waals surface area contributed by atoms with Crippen LogP contribution in [-0.2, 0) is 0 Å². The van der Waals surface area contributed by atoms with E-state index < -0.39 is 0 Å². The van der Waals surface area contributed by atoms with Crippen molar-refractivity contribution in [2.75, 3.05) is 13.1 Å². The molecule has 1 aromatic heterocycles. The summed E-state index contributed by atoms with van der Waals surface area (Å²) in [6.45, 7) is 5.29. The summed E-state index contributed by atoms with van der Waals surface area (Å²) in [5.74, 6) is 0.0483. The van der Waals surface area contributed by atoms with Crippen molar-refractivity contribution in [3.05, 3.63) is 52.3 Å². The van der Waals surface area contributed by atoms with E-state index in [0.717, 1.165) is 36.1 Å². The zero-order valence-electron chi connectivity index (χ0n) is 13.8. The monoisotopic (exact) mass is 345 g/mol. The van der Waals surface area contributed by atoms with Crippen molar-refractivity contribution in [3.8, 4) is 6.01 Å². The minimum atomic E-state index is -0.102. The van der Waals surface area contributed by atoms with E-state index in [2.05, 4.69) is 16.0 Å². The molecule has 1 aliphatic rings. The lowest BCUT2D eigenvalue weighted by atomic mass is 10.0. The van der Waals surface area contributed by atoms with E-state index in [1.54, 1.807) is 0 Å². The molecule has 0 saturated carbocycles. The van der Waals surface area contributed by atoms with Gasteiger partial charge in [-0.3, -0.25) is 4.79 Å². The third kappa shape index (κ3) is 4.03. The van der Waals surface area contributed by atoms with Crippen LogP contribution in [0, 0.1) is 13.8 Å². The number of aryl methyl sites for hydroxylation is 2. The molecular formula is C18H20ClN3O2. The first kappa shape index (κ1) is 16.7. The number of hydrogen-bond acceptors (Lipinski definition) is 4. The molecule has 0 aliphatic carbocycles. The Morgan fingerprint density at radius 2 is 1.88 bits per heavy atom. The summed E-state index contributed by atoms with van der Waals surface area (Å²) in [4.78, 5) is 22.7. The fourth-order valence-electron chi connectivity index (χ4n) is 3.01. The van der Waals surface area contributed by atoms with Gasteiger partial charge in [0.2, 0.25) is 0 Å². The van der Waals surface area contributed by atoms with Gasteiger partial charge in [0, 0.05) is 12.1 Å². The zero-order valence-corrected chi connectivity index (χ0v) is 14.6. The van der Waals surface area contributed by atoms with Crippen molar-refractivity contribution in [2.24, 2.45) is 0 Å². The lowest BCUT2D eigenvalue weighted by Crippen LogP contribution is -2.44. The highest BCUT2D eigenvalue weighted by molar-refractivity contribution is 6.30. The van der Waals surface area contributed by atoms with E-state index in [1.165, 1.54) is 12.4 Å². The molecule has 0 radical (unpaired) electrons. The molecule has 5 nitrogen and oxygen atoms in total. The minimum absolute atomic E-state index is 0.0483. The van der Waals surface area contributed by atoms with Gasteiger partial charge in [-0.15, -0.1) is 0 Å². The second-order valence-electron chi connectivity index (χ2n) is 6.19. The molecule has 1 aromatic carbocycles. The second-order valence-corrected chi connectivity index (χ2v) is 6.63. The molecule has 2 heterocycles. The van der Waals surface area contributed by atoms with Crippen LogP contribution in [0.2, 0.25) is 5.02 Å². The van der Waals surface area contributed by atoms with Gasteiger partial charge < -0.3 is 9.64 Å². The number of aromatic nitrogens is 2. The summed E-state index contributed by atoms with van der Waals surface area (Å²) >= 11 is 5.78. The van der Waals surface area contributed by atoms with Gasteiger partial charge in [0.25, 0.3) is 5.91 Å². The molecule has 1 fully saturated rings. The fraction of sp³-hybridized carbons (Fsp3) is 0.389. The predicted molar refractivity (Wildman–Crippen MR) is 92.5 cm³/mol. The number of hydrogen-bond donors (Lipinski definition) is 0. The Labute approximate surface area is 146 Å². The molecule has 0 bridgehead atoms. The number of halogens is 1. The predicted octanol–water partition coefficient (Wildman–Crippen LogP) is 3.43. The maximum absolute atomic E-state index is 12.8. The van der Waals surface area contributed by atoms with Crippen molar-refractivity contribution in [2.45, 2.75) is 32.8 Å². The number of rotatable bonds is 3. The summed E-state index contributed by atoms with van der Waals surface area (Å²) in [5.41, 5.74) is 2.92. The Morgan fingerprint density at radius 3 is 2.54 bits per heavy atom. The van der Waals surface area contributed by atoms with Crippen LogP contribution in [0.4, 0.5) is 0 Å². The van der Waals surface area contributed by atoms with Crippen LogP contribution in [-0.4, -0.2) is 40.0 Å². The maximum Gasteiger partial charge on any atom is 0.316 e. The van der Waals surface area contributed by atoms with Gasteiger partial charge in [0.05, 0.1) is 24.0 Å². The molecular weight excluding hydrogens is 326 g/mol. The Morgan fingerprint density at radius 1 is 1.21 bits per heavy atom.